The summed E-state index contributed by atoms with van der Waals surface area (Å²) >= 11 is 6.33. The van der Waals surface area contributed by atoms with Crippen LogP contribution in [0.25, 0.3) is 0 Å². The van der Waals surface area contributed by atoms with Gasteiger partial charge in [0.15, 0.2) is 11.5 Å². The number of carbonyl (C=O) groups is 1. The van der Waals surface area contributed by atoms with E-state index in [0.717, 1.165) is 13.1 Å². The lowest BCUT2D eigenvalue weighted by atomic mass is 10.1. The van der Waals surface area contributed by atoms with Crippen molar-refractivity contribution in [2.24, 2.45) is 5.92 Å². The molecular formula is C17H25ClN2O3. The third-order valence-corrected chi connectivity index (χ3v) is 4.08. The van der Waals surface area contributed by atoms with Crippen LogP contribution >= 0.6 is 11.6 Å². The molecule has 23 heavy (non-hydrogen) atoms. The summed E-state index contributed by atoms with van der Waals surface area (Å²) in [4.78, 5) is 14.6. The number of hydrogen-bond acceptors (Lipinski definition) is 4. The first-order valence-corrected chi connectivity index (χ1v) is 8.33. The van der Waals surface area contributed by atoms with Gasteiger partial charge in [0, 0.05) is 31.2 Å². The van der Waals surface area contributed by atoms with Gasteiger partial charge in [-0.25, -0.2) is 0 Å². The first-order valence-electron chi connectivity index (χ1n) is 7.96. The third kappa shape index (κ3) is 4.30. The van der Waals surface area contributed by atoms with Crippen molar-refractivity contribution < 1.29 is 14.3 Å². The molecule has 1 aromatic rings. The highest BCUT2D eigenvalue weighted by Crippen LogP contribution is 2.37. The topological polar surface area (TPSA) is 50.8 Å². The highest BCUT2D eigenvalue weighted by atomic mass is 35.5. The number of benzene rings is 1. The zero-order chi connectivity index (χ0) is 17.0. The number of piperazine rings is 1. The zero-order valence-corrected chi connectivity index (χ0v) is 14.9. The van der Waals surface area contributed by atoms with Crippen LogP contribution in [-0.2, 0) is 0 Å². The van der Waals surface area contributed by atoms with Gasteiger partial charge in [0.05, 0.1) is 18.7 Å². The summed E-state index contributed by atoms with van der Waals surface area (Å²) in [6, 6.07) is 3.52. The van der Waals surface area contributed by atoms with E-state index in [1.807, 2.05) is 11.8 Å². The van der Waals surface area contributed by atoms with Crippen LogP contribution < -0.4 is 14.8 Å². The van der Waals surface area contributed by atoms with E-state index < -0.39 is 0 Å². The van der Waals surface area contributed by atoms with Crippen molar-refractivity contribution in [2.45, 2.75) is 26.8 Å². The summed E-state index contributed by atoms with van der Waals surface area (Å²) < 4.78 is 11.1. The van der Waals surface area contributed by atoms with Gasteiger partial charge in [0.25, 0.3) is 5.91 Å². The second-order valence-electron chi connectivity index (χ2n) is 6.25. The Morgan fingerprint density at radius 2 is 2.22 bits per heavy atom. The molecule has 1 heterocycles. The molecule has 5 nitrogen and oxygen atoms in total. The van der Waals surface area contributed by atoms with Crippen LogP contribution in [0.1, 0.15) is 31.1 Å². The third-order valence-electron chi connectivity index (χ3n) is 3.80. The van der Waals surface area contributed by atoms with Crippen molar-refractivity contribution in [1.82, 2.24) is 10.2 Å². The highest BCUT2D eigenvalue weighted by Gasteiger charge is 2.26. The fraction of sp³-hybridized carbons (Fsp3) is 0.588. The lowest BCUT2D eigenvalue weighted by Crippen LogP contribution is -2.52. The Morgan fingerprint density at radius 3 is 2.83 bits per heavy atom. The number of methoxy groups -OCH3 is 1. The molecule has 6 heteroatoms. The van der Waals surface area contributed by atoms with Gasteiger partial charge in [0.2, 0.25) is 0 Å². The standard InChI is InChI=1S/C17H25ClN2O3/c1-11(2)10-23-16-14(18)7-13(8-15(16)22-4)17(21)20-6-5-19-9-12(20)3/h7-8,11-12,19H,5-6,9-10H2,1-4H3. The predicted molar refractivity (Wildman–Crippen MR) is 91.7 cm³/mol. The molecular weight excluding hydrogens is 316 g/mol. The van der Waals surface area contributed by atoms with Gasteiger partial charge in [-0.15, -0.1) is 0 Å². The monoisotopic (exact) mass is 340 g/mol. The van der Waals surface area contributed by atoms with Crippen LogP contribution in [0.5, 0.6) is 11.5 Å². The molecule has 1 fully saturated rings. The summed E-state index contributed by atoms with van der Waals surface area (Å²) in [6.07, 6.45) is 0. The van der Waals surface area contributed by atoms with E-state index in [4.69, 9.17) is 21.1 Å². The van der Waals surface area contributed by atoms with Crippen molar-refractivity contribution in [1.29, 1.82) is 0 Å². The van der Waals surface area contributed by atoms with Crippen LogP contribution in [0.15, 0.2) is 12.1 Å². The molecule has 1 aliphatic rings. The Morgan fingerprint density at radius 1 is 1.48 bits per heavy atom. The van der Waals surface area contributed by atoms with E-state index >= 15 is 0 Å². The molecule has 128 valence electrons. The van der Waals surface area contributed by atoms with Crippen molar-refractivity contribution in [3.63, 3.8) is 0 Å². The van der Waals surface area contributed by atoms with Gasteiger partial charge >= 0.3 is 0 Å². The van der Waals surface area contributed by atoms with Gasteiger partial charge in [-0.05, 0) is 25.0 Å². The summed E-state index contributed by atoms with van der Waals surface area (Å²) in [5, 5.41) is 3.68. The van der Waals surface area contributed by atoms with E-state index in [1.54, 1.807) is 19.2 Å². The molecule has 1 aromatic carbocycles. The fourth-order valence-electron chi connectivity index (χ4n) is 2.54. The molecule has 1 aliphatic heterocycles. The van der Waals surface area contributed by atoms with E-state index in [2.05, 4.69) is 19.2 Å². The number of carbonyl (C=O) groups excluding carboxylic acids is 1. The molecule has 1 N–H and O–H groups in total. The molecule has 0 bridgehead atoms. The smallest absolute Gasteiger partial charge is 0.254 e. The molecule has 0 radical (unpaired) electrons. The molecule has 1 saturated heterocycles. The molecule has 2 rings (SSSR count). The molecule has 1 atom stereocenters. The number of nitrogens with zero attached hydrogens (tertiary/aromatic N) is 1. The predicted octanol–water partition coefficient (Wildman–Crippen LogP) is 2.82. The maximum absolute atomic E-state index is 12.8. The Labute approximate surface area is 142 Å². The lowest BCUT2D eigenvalue weighted by molar-refractivity contribution is 0.0655. The fourth-order valence-corrected chi connectivity index (χ4v) is 2.81. The van der Waals surface area contributed by atoms with Crippen molar-refractivity contribution in [3.05, 3.63) is 22.7 Å². The molecule has 0 spiro atoms. The second-order valence-corrected chi connectivity index (χ2v) is 6.65. The number of hydrogen-bond donors (Lipinski definition) is 1. The van der Waals surface area contributed by atoms with Crippen LogP contribution in [0.3, 0.4) is 0 Å². The van der Waals surface area contributed by atoms with Crippen LogP contribution in [0, 0.1) is 5.92 Å². The molecule has 0 aromatic heterocycles. The average molecular weight is 341 g/mol. The minimum absolute atomic E-state index is 0.0328. The largest absolute Gasteiger partial charge is 0.493 e. The maximum atomic E-state index is 12.8. The minimum atomic E-state index is -0.0328. The number of nitrogens with one attached hydrogen (secondary N) is 1. The molecule has 0 saturated carbocycles. The van der Waals surface area contributed by atoms with Crippen LogP contribution in [0.2, 0.25) is 5.02 Å². The summed E-state index contributed by atoms with van der Waals surface area (Å²) in [5.74, 6) is 1.32. The summed E-state index contributed by atoms with van der Waals surface area (Å²) in [7, 11) is 1.55. The molecule has 0 aliphatic carbocycles. The van der Waals surface area contributed by atoms with E-state index in [1.165, 1.54) is 0 Å². The number of ether oxygens (including phenoxy) is 2. The van der Waals surface area contributed by atoms with Crippen molar-refractivity contribution in [2.75, 3.05) is 33.4 Å². The maximum Gasteiger partial charge on any atom is 0.254 e. The Kier molecular flexibility index (Phi) is 6.13. The summed E-state index contributed by atoms with van der Waals surface area (Å²) in [5.41, 5.74) is 0.525. The van der Waals surface area contributed by atoms with E-state index in [9.17, 15) is 4.79 Å². The SMILES string of the molecule is COc1cc(C(=O)N2CCNCC2C)cc(Cl)c1OCC(C)C. The number of amides is 1. The Balaban J connectivity index is 2.26. The summed E-state index contributed by atoms with van der Waals surface area (Å²) in [6.45, 7) is 8.98. The van der Waals surface area contributed by atoms with Gasteiger partial charge in [-0.2, -0.15) is 0 Å². The van der Waals surface area contributed by atoms with Gasteiger partial charge < -0.3 is 19.7 Å². The van der Waals surface area contributed by atoms with Gasteiger partial charge in [-0.3, -0.25) is 4.79 Å². The Hall–Kier alpha value is -1.46. The van der Waals surface area contributed by atoms with Crippen LogP contribution in [-0.4, -0.2) is 50.2 Å². The van der Waals surface area contributed by atoms with Gasteiger partial charge in [-0.1, -0.05) is 25.4 Å². The van der Waals surface area contributed by atoms with Crippen LogP contribution in [0.4, 0.5) is 0 Å². The average Bonchev–Trinajstić information content (AvgIpc) is 2.52. The normalized spacial score (nSPS) is 18.2. The van der Waals surface area contributed by atoms with E-state index in [0.29, 0.717) is 41.2 Å². The Bertz CT molecular complexity index is 563. The molecule has 1 unspecified atom stereocenters. The first kappa shape index (κ1) is 17.9. The number of halogens is 1. The highest BCUT2D eigenvalue weighted by molar-refractivity contribution is 6.32. The van der Waals surface area contributed by atoms with Gasteiger partial charge in [0.1, 0.15) is 0 Å². The first-order chi connectivity index (χ1) is 10.9. The minimum Gasteiger partial charge on any atom is -0.493 e. The zero-order valence-electron chi connectivity index (χ0n) is 14.2. The number of rotatable bonds is 5. The molecule has 1 amide bonds. The van der Waals surface area contributed by atoms with Crippen molar-refractivity contribution >= 4 is 17.5 Å². The lowest BCUT2D eigenvalue weighted by Gasteiger charge is -2.34. The van der Waals surface area contributed by atoms with Crippen molar-refractivity contribution in [3.8, 4) is 11.5 Å². The second kappa shape index (κ2) is 7.88. The quantitative estimate of drug-likeness (QED) is 0.895. The van der Waals surface area contributed by atoms with E-state index in [-0.39, 0.29) is 11.9 Å².